The first kappa shape index (κ1) is 21.6. The van der Waals surface area contributed by atoms with Crippen LogP contribution in [0, 0.1) is 0 Å². The molecule has 1 saturated heterocycles. The Hall–Kier alpha value is -3.68. The van der Waals surface area contributed by atoms with Crippen molar-refractivity contribution in [1.82, 2.24) is 4.57 Å². The Bertz CT molecular complexity index is 1660. The smallest absolute Gasteiger partial charge is 0.271 e. The van der Waals surface area contributed by atoms with E-state index in [0.717, 1.165) is 47.9 Å². The molecule has 7 heteroatoms. The van der Waals surface area contributed by atoms with Gasteiger partial charge in [0, 0.05) is 30.8 Å². The van der Waals surface area contributed by atoms with Crippen LogP contribution in [0.4, 0.5) is 5.88 Å². The number of furan rings is 1. The van der Waals surface area contributed by atoms with Crippen LogP contribution in [0.5, 0.6) is 0 Å². The summed E-state index contributed by atoms with van der Waals surface area (Å²) in [5.74, 6) is 1.48. The molecule has 0 radical (unpaired) electrons. The molecule has 1 atom stereocenters. The van der Waals surface area contributed by atoms with Gasteiger partial charge in [0.05, 0.1) is 29.5 Å². The number of aryl methyl sites for hydroxylation is 1. The normalized spacial score (nSPS) is 19.5. The van der Waals surface area contributed by atoms with Crippen molar-refractivity contribution in [3.8, 4) is 0 Å². The molecule has 0 N–H and O–H groups in total. The van der Waals surface area contributed by atoms with Crippen LogP contribution in [0.3, 0.4) is 0 Å². The minimum atomic E-state index is -0.159. The average Bonchev–Trinajstić information content (AvgIpc) is 3.53. The highest BCUT2D eigenvalue weighted by Gasteiger charge is 2.32. The number of morpholine rings is 1. The summed E-state index contributed by atoms with van der Waals surface area (Å²) in [5, 5.41) is 0. The number of allylic oxidation sites excluding steroid dienone is 1. The number of aromatic nitrogens is 1. The molecule has 1 unspecified atom stereocenters. The molecule has 3 aliphatic rings. The molecule has 1 aliphatic carbocycles. The van der Waals surface area contributed by atoms with E-state index in [1.807, 2.05) is 41.0 Å². The van der Waals surface area contributed by atoms with Crippen LogP contribution in [-0.2, 0) is 11.2 Å². The monoisotopic (exact) mass is 495 g/mol. The lowest BCUT2D eigenvalue weighted by atomic mass is 9.83. The molecule has 180 valence electrons. The number of anilines is 1. The second-order valence-electron chi connectivity index (χ2n) is 9.30. The summed E-state index contributed by atoms with van der Waals surface area (Å²) in [6.07, 6.45) is 3.70. The summed E-state index contributed by atoms with van der Waals surface area (Å²) in [5.41, 5.74) is 5.81. The minimum absolute atomic E-state index is 0.0256. The van der Waals surface area contributed by atoms with E-state index in [0.29, 0.717) is 23.5 Å². The van der Waals surface area contributed by atoms with E-state index >= 15 is 0 Å². The van der Waals surface area contributed by atoms with Crippen molar-refractivity contribution < 1.29 is 9.15 Å². The molecule has 4 heterocycles. The van der Waals surface area contributed by atoms with Crippen molar-refractivity contribution in [2.75, 3.05) is 31.2 Å². The molecule has 2 aromatic heterocycles. The number of fused-ring (bicyclic) bond motifs is 3. The van der Waals surface area contributed by atoms with Crippen LogP contribution in [0.25, 0.3) is 11.8 Å². The fraction of sp³-hybridized carbons (Fsp3) is 0.241. The molecule has 36 heavy (non-hydrogen) atoms. The van der Waals surface area contributed by atoms with Gasteiger partial charge in [-0.05, 0) is 35.6 Å². The number of hydrogen-bond donors (Lipinski definition) is 0. The topological polar surface area (TPSA) is 60.0 Å². The maximum Gasteiger partial charge on any atom is 0.271 e. The molecular weight excluding hydrogens is 470 g/mol. The minimum Gasteiger partial charge on any atom is -0.441 e. The molecule has 0 spiro atoms. The van der Waals surface area contributed by atoms with Gasteiger partial charge >= 0.3 is 0 Å². The fourth-order valence-electron chi connectivity index (χ4n) is 5.46. The molecule has 4 aromatic rings. The highest BCUT2D eigenvalue weighted by molar-refractivity contribution is 7.07. The number of nitrogens with zero attached hydrogens (tertiary/aromatic N) is 3. The molecule has 6 nitrogen and oxygen atoms in total. The summed E-state index contributed by atoms with van der Waals surface area (Å²) in [6.45, 7) is 3.00. The Labute approximate surface area is 212 Å². The van der Waals surface area contributed by atoms with Gasteiger partial charge in [-0.15, -0.1) is 0 Å². The van der Waals surface area contributed by atoms with Gasteiger partial charge in [0.25, 0.3) is 5.56 Å². The number of thiazole rings is 1. The summed E-state index contributed by atoms with van der Waals surface area (Å²) >= 11 is 1.43. The predicted molar refractivity (Wildman–Crippen MR) is 141 cm³/mol. The SMILES string of the molecule is O=c1/c(=C/c2ccc(N3CCOCC3)o2)sc2n1C(c1ccccc1)C1=C(N=2)c2ccccc2CC1. The molecule has 0 saturated carbocycles. The summed E-state index contributed by atoms with van der Waals surface area (Å²) in [6, 6.07) is 22.6. The zero-order valence-corrected chi connectivity index (χ0v) is 20.5. The zero-order valence-electron chi connectivity index (χ0n) is 19.7. The third kappa shape index (κ3) is 3.58. The lowest BCUT2D eigenvalue weighted by Gasteiger charge is -2.30. The van der Waals surface area contributed by atoms with Crippen molar-refractivity contribution in [3.63, 3.8) is 0 Å². The molecule has 2 aliphatic heterocycles. The van der Waals surface area contributed by atoms with Crippen molar-refractivity contribution in [1.29, 1.82) is 0 Å². The van der Waals surface area contributed by atoms with Crippen LogP contribution in [0.2, 0.25) is 0 Å². The van der Waals surface area contributed by atoms with Crippen molar-refractivity contribution in [2.24, 2.45) is 4.99 Å². The van der Waals surface area contributed by atoms with Crippen LogP contribution >= 0.6 is 11.3 Å². The van der Waals surface area contributed by atoms with E-state index in [9.17, 15) is 4.79 Å². The van der Waals surface area contributed by atoms with Crippen LogP contribution in [0.15, 0.2) is 86.5 Å². The lowest BCUT2D eigenvalue weighted by molar-refractivity contribution is 0.120. The summed E-state index contributed by atoms with van der Waals surface area (Å²) in [7, 11) is 0. The first-order chi connectivity index (χ1) is 17.8. The second kappa shape index (κ2) is 8.76. The Morgan fingerprint density at radius 3 is 2.61 bits per heavy atom. The zero-order chi connectivity index (χ0) is 24.1. The van der Waals surface area contributed by atoms with Gasteiger partial charge < -0.3 is 14.1 Å². The van der Waals surface area contributed by atoms with E-state index in [1.165, 1.54) is 28.0 Å². The average molecular weight is 496 g/mol. The molecule has 7 rings (SSSR count). The Balaban J connectivity index is 1.38. The molecular formula is C29H25N3O3S. The van der Waals surface area contributed by atoms with E-state index in [-0.39, 0.29) is 11.6 Å². The third-order valence-corrected chi connectivity index (χ3v) is 8.18. The Morgan fingerprint density at radius 1 is 0.944 bits per heavy atom. The Morgan fingerprint density at radius 2 is 1.75 bits per heavy atom. The van der Waals surface area contributed by atoms with Gasteiger partial charge in [-0.3, -0.25) is 9.36 Å². The molecule has 0 amide bonds. The second-order valence-corrected chi connectivity index (χ2v) is 10.3. The Kier molecular flexibility index (Phi) is 5.26. The fourth-order valence-corrected chi connectivity index (χ4v) is 6.44. The first-order valence-electron chi connectivity index (χ1n) is 12.4. The van der Waals surface area contributed by atoms with E-state index in [1.54, 1.807) is 0 Å². The lowest BCUT2D eigenvalue weighted by Crippen LogP contribution is -2.38. The first-order valence-corrected chi connectivity index (χ1v) is 13.2. The van der Waals surface area contributed by atoms with E-state index < -0.39 is 0 Å². The number of ether oxygens (including phenoxy) is 1. The molecule has 0 bridgehead atoms. The predicted octanol–water partition coefficient (Wildman–Crippen LogP) is 3.75. The van der Waals surface area contributed by atoms with Crippen LogP contribution in [-0.4, -0.2) is 30.9 Å². The van der Waals surface area contributed by atoms with Gasteiger partial charge in [-0.25, -0.2) is 4.99 Å². The van der Waals surface area contributed by atoms with Gasteiger partial charge in [0.1, 0.15) is 5.76 Å². The van der Waals surface area contributed by atoms with Gasteiger partial charge in [-0.1, -0.05) is 65.9 Å². The van der Waals surface area contributed by atoms with Gasteiger partial charge in [0.2, 0.25) is 0 Å². The van der Waals surface area contributed by atoms with Gasteiger partial charge in [0.15, 0.2) is 10.7 Å². The molecule has 2 aromatic carbocycles. The van der Waals surface area contributed by atoms with E-state index in [2.05, 4.69) is 41.3 Å². The number of rotatable bonds is 3. The highest BCUT2D eigenvalue weighted by Crippen LogP contribution is 2.41. The standard InChI is InChI=1S/C29H25N3O3S/c33-28-24(18-21-11-13-25(35-21)31-14-16-34-17-15-31)36-29-30-26-22-9-5-4-6-19(22)10-12-23(26)27(32(28)29)20-7-2-1-3-8-20/h1-9,11,13,18,27H,10,12,14-17H2/b24-18-. The highest BCUT2D eigenvalue weighted by atomic mass is 32.1. The van der Waals surface area contributed by atoms with Crippen molar-refractivity contribution in [2.45, 2.75) is 18.9 Å². The summed E-state index contributed by atoms with van der Waals surface area (Å²) in [4.78, 5) is 21.8. The summed E-state index contributed by atoms with van der Waals surface area (Å²) < 4.78 is 14.1. The van der Waals surface area contributed by atoms with Crippen molar-refractivity contribution >= 4 is 29.0 Å². The quantitative estimate of drug-likeness (QED) is 0.435. The molecule has 1 fully saturated rings. The van der Waals surface area contributed by atoms with E-state index in [4.69, 9.17) is 14.1 Å². The van der Waals surface area contributed by atoms with Crippen molar-refractivity contribution in [3.05, 3.63) is 114 Å². The van der Waals surface area contributed by atoms with Crippen LogP contribution in [0.1, 0.15) is 34.9 Å². The number of benzene rings is 2. The maximum atomic E-state index is 13.8. The van der Waals surface area contributed by atoms with Crippen LogP contribution < -0.4 is 19.8 Å². The maximum absolute atomic E-state index is 13.8. The third-order valence-electron chi connectivity index (χ3n) is 7.20. The number of hydrogen-bond acceptors (Lipinski definition) is 6. The largest absolute Gasteiger partial charge is 0.441 e. The van der Waals surface area contributed by atoms with Gasteiger partial charge in [-0.2, -0.15) is 0 Å².